The minimum Gasteiger partial charge on any atom is -0.441 e. The van der Waals surface area contributed by atoms with Crippen LogP contribution in [0, 0.1) is 12.8 Å². The summed E-state index contributed by atoms with van der Waals surface area (Å²) in [5, 5.41) is 6.50. The van der Waals surface area contributed by atoms with E-state index in [0.29, 0.717) is 12.5 Å². The highest BCUT2D eigenvalue weighted by molar-refractivity contribution is 7.14. The summed E-state index contributed by atoms with van der Waals surface area (Å²) in [6.45, 7) is 3.59. The molecule has 1 aromatic carbocycles. The normalized spacial score (nSPS) is 23.2. The van der Waals surface area contributed by atoms with Gasteiger partial charge in [-0.25, -0.2) is 9.78 Å². The predicted octanol–water partition coefficient (Wildman–Crippen LogP) is 5.51. The number of hydrogen-bond acceptors (Lipinski definition) is 6. The molecule has 3 aromatic rings. The minimum atomic E-state index is -0.339. The average molecular weight is 435 g/mol. The molecule has 160 valence electrons. The molecule has 0 unspecified atom stereocenters. The molecule has 5 rings (SSSR count). The molecule has 1 aliphatic carbocycles. The molecular formula is C24H26N4O2S. The van der Waals surface area contributed by atoms with E-state index in [1.54, 1.807) is 22.4 Å². The van der Waals surface area contributed by atoms with E-state index in [9.17, 15) is 4.79 Å². The maximum absolute atomic E-state index is 12.5. The van der Waals surface area contributed by atoms with Gasteiger partial charge in [0.2, 0.25) is 0 Å². The van der Waals surface area contributed by atoms with Gasteiger partial charge in [-0.15, -0.1) is 11.3 Å². The molecular weight excluding hydrogens is 408 g/mol. The summed E-state index contributed by atoms with van der Waals surface area (Å²) in [5.41, 5.74) is 3.57. The molecule has 6 nitrogen and oxygen atoms in total. The van der Waals surface area contributed by atoms with Crippen LogP contribution in [0.2, 0.25) is 0 Å². The highest BCUT2D eigenvalue weighted by Crippen LogP contribution is 2.41. The summed E-state index contributed by atoms with van der Waals surface area (Å²) in [6.07, 6.45) is 5.49. The Morgan fingerprint density at radius 2 is 2.00 bits per heavy atom. The van der Waals surface area contributed by atoms with Crippen LogP contribution in [0.1, 0.15) is 31.2 Å². The molecule has 2 aromatic heterocycles. The lowest BCUT2D eigenvalue weighted by Gasteiger charge is -2.35. The van der Waals surface area contributed by atoms with Crippen LogP contribution in [-0.2, 0) is 4.74 Å². The zero-order chi connectivity index (χ0) is 21.3. The molecule has 0 bridgehead atoms. The van der Waals surface area contributed by atoms with E-state index in [1.165, 1.54) is 0 Å². The molecule has 2 fully saturated rings. The van der Waals surface area contributed by atoms with Crippen LogP contribution in [0.4, 0.5) is 15.6 Å². The third kappa shape index (κ3) is 4.14. The van der Waals surface area contributed by atoms with E-state index >= 15 is 0 Å². The lowest BCUT2D eigenvalue weighted by molar-refractivity contribution is 0.0148. The topological polar surface area (TPSA) is 67.4 Å². The highest BCUT2D eigenvalue weighted by Gasteiger charge is 2.47. The number of hydrogen-bond donors (Lipinski definition) is 1. The van der Waals surface area contributed by atoms with E-state index in [-0.39, 0.29) is 11.7 Å². The molecule has 0 atom stereocenters. The summed E-state index contributed by atoms with van der Waals surface area (Å²) in [7, 11) is 0. The van der Waals surface area contributed by atoms with Crippen molar-refractivity contribution in [3.8, 4) is 11.4 Å². The van der Waals surface area contributed by atoms with Gasteiger partial charge in [0, 0.05) is 23.8 Å². The highest BCUT2D eigenvalue weighted by atomic mass is 32.1. The van der Waals surface area contributed by atoms with Gasteiger partial charge in [0.1, 0.15) is 11.3 Å². The van der Waals surface area contributed by atoms with Gasteiger partial charge in [-0.2, -0.15) is 0 Å². The van der Waals surface area contributed by atoms with Gasteiger partial charge in [-0.3, -0.25) is 9.88 Å². The molecule has 7 heteroatoms. The molecule has 1 aliphatic heterocycles. The summed E-state index contributed by atoms with van der Waals surface area (Å²) >= 11 is 1.62. The second kappa shape index (κ2) is 8.30. The quantitative estimate of drug-likeness (QED) is 0.573. The van der Waals surface area contributed by atoms with E-state index in [4.69, 9.17) is 9.72 Å². The largest absolute Gasteiger partial charge is 0.441 e. The number of nitrogens with one attached hydrogen (secondary N) is 1. The number of nitrogens with zero attached hydrogens (tertiary/aromatic N) is 3. The van der Waals surface area contributed by atoms with Crippen molar-refractivity contribution in [2.45, 2.75) is 38.2 Å². The molecule has 1 saturated carbocycles. The van der Waals surface area contributed by atoms with Crippen molar-refractivity contribution >= 4 is 28.2 Å². The summed E-state index contributed by atoms with van der Waals surface area (Å²) < 4.78 is 5.88. The van der Waals surface area contributed by atoms with Gasteiger partial charge in [0.15, 0.2) is 5.13 Å². The first-order valence-corrected chi connectivity index (χ1v) is 11.7. The Morgan fingerprint density at radius 1 is 1.19 bits per heavy atom. The summed E-state index contributed by atoms with van der Waals surface area (Å²) in [4.78, 5) is 23.4. The summed E-state index contributed by atoms with van der Waals surface area (Å²) in [5.74, 6) is 0.555. The van der Waals surface area contributed by atoms with E-state index < -0.39 is 0 Å². The maximum atomic E-state index is 12.5. The molecule has 2 aliphatic rings. The number of aryl methyl sites for hydroxylation is 1. The summed E-state index contributed by atoms with van der Waals surface area (Å²) in [6, 6.07) is 13.8. The third-order valence-corrected chi connectivity index (χ3v) is 7.15. The van der Waals surface area contributed by atoms with Crippen molar-refractivity contribution in [3.05, 3.63) is 59.6 Å². The fourth-order valence-corrected chi connectivity index (χ4v) is 5.25. The van der Waals surface area contributed by atoms with E-state index in [0.717, 1.165) is 60.0 Å². The predicted molar refractivity (Wildman–Crippen MR) is 124 cm³/mol. The molecule has 31 heavy (non-hydrogen) atoms. The zero-order valence-corrected chi connectivity index (χ0v) is 18.4. The van der Waals surface area contributed by atoms with Crippen molar-refractivity contribution in [2.75, 3.05) is 23.3 Å². The SMILES string of the molecule is Cc1cccnc1-c1csc(NCC2CCC3(CC2)CN(c2ccccc2)C(=O)O3)n1. The zero-order valence-electron chi connectivity index (χ0n) is 17.6. The first-order valence-electron chi connectivity index (χ1n) is 10.8. The van der Waals surface area contributed by atoms with Crippen LogP contribution in [-0.4, -0.2) is 34.8 Å². The van der Waals surface area contributed by atoms with Gasteiger partial charge in [-0.1, -0.05) is 24.3 Å². The molecule has 1 spiro atoms. The van der Waals surface area contributed by atoms with Crippen LogP contribution in [0.15, 0.2) is 54.0 Å². The number of pyridine rings is 1. The van der Waals surface area contributed by atoms with Crippen molar-refractivity contribution in [1.82, 2.24) is 9.97 Å². The number of amides is 1. The number of aromatic nitrogens is 2. The Hall–Kier alpha value is -2.93. The Labute approximate surface area is 186 Å². The smallest absolute Gasteiger partial charge is 0.415 e. The number of carbonyl (C=O) groups is 1. The number of para-hydroxylation sites is 1. The monoisotopic (exact) mass is 434 g/mol. The second-order valence-corrected chi connectivity index (χ2v) is 9.36. The van der Waals surface area contributed by atoms with Crippen LogP contribution in [0.3, 0.4) is 0 Å². The van der Waals surface area contributed by atoms with Crippen LogP contribution >= 0.6 is 11.3 Å². The number of carbonyl (C=O) groups excluding carboxylic acids is 1. The molecule has 1 N–H and O–H groups in total. The van der Waals surface area contributed by atoms with Gasteiger partial charge >= 0.3 is 6.09 Å². The van der Waals surface area contributed by atoms with Crippen LogP contribution in [0.5, 0.6) is 0 Å². The Morgan fingerprint density at radius 3 is 2.77 bits per heavy atom. The Kier molecular flexibility index (Phi) is 5.36. The van der Waals surface area contributed by atoms with Gasteiger partial charge in [-0.05, 0) is 62.3 Å². The minimum absolute atomic E-state index is 0.220. The first-order chi connectivity index (χ1) is 15.1. The Balaban J connectivity index is 1.15. The van der Waals surface area contributed by atoms with Crippen molar-refractivity contribution in [1.29, 1.82) is 0 Å². The number of rotatable bonds is 5. The molecule has 1 saturated heterocycles. The molecule has 1 amide bonds. The maximum Gasteiger partial charge on any atom is 0.415 e. The van der Waals surface area contributed by atoms with Crippen molar-refractivity contribution < 1.29 is 9.53 Å². The van der Waals surface area contributed by atoms with Gasteiger partial charge in [0.25, 0.3) is 0 Å². The lowest BCUT2D eigenvalue weighted by Crippen LogP contribution is -2.39. The van der Waals surface area contributed by atoms with Crippen molar-refractivity contribution in [2.24, 2.45) is 5.92 Å². The second-order valence-electron chi connectivity index (χ2n) is 8.50. The molecule has 3 heterocycles. The number of anilines is 2. The van der Waals surface area contributed by atoms with Crippen LogP contribution < -0.4 is 10.2 Å². The standard InChI is InChI=1S/C24H26N4O2S/c1-17-6-5-13-25-21(17)20-15-31-22(27-20)26-14-18-9-11-24(12-10-18)16-28(23(29)30-24)19-7-3-2-4-8-19/h2-8,13,15,18H,9-12,14,16H2,1H3,(H,26,27). The third-order valence-electron chi connectivity index (χ3n) is 6.35. The lowest BCUT2D eigenvalue weighted by atomic mass is 9.78. The first kappa shape index (κ1) is 20.0. The van der Waals surface area contributed by atoms with Crippen LogP contribution in [0.25, 0.3) is 11.4 Å². The fraction of sp³-hybridized carbons (Fsp3) is 0.375. The van der Waals surface area contributed by atoms with E-state index in [1.807, 2.05) is 36.4 Å². The van der Waals surface area contributed by atoms with Crippen molar-refractivity contribution in [3.63, 3.8) is 0 Å². The van der Waals surface area contributed by atoms with E-state index in [2.05, 4.69) is 28.7 Å². The Bertz CT molecular complexity index is 1060. The molecule has 0 radical (unpaired) electrons. The van der Waals surface area contributed by atoms with Gasteiger partial charge in [0.05, 0.1) is 12.2 Å². The fourth-order valence-electron chi connectivity index (χ4n) is 4.55. The average Bonchev–Trinajstić information content (AvgIpc) is 3.39. The number of thiazole rings is 1. The van der Waals surface area contributed by atoms with Gasteiger partial charge < -0.3 is 10.1 Å². The number of ether oxygens (including phenoxy) is 1. The number of benzene rings is 1.